The minimum atomic E-state index is -1.12. The second-order valence-electron chi connectivity index (χ2n) is 8.52. The summed E-state index contributed by atoms with van der Waals surface area (Å²) in [5, 5.41) is 18.6. The van der Waals surface area contributed by atoms with Crippen molar-refractivity contribution in [3.8, 4) is 11.6 Å². The molecule has 168 valence electrons. The van der Waals surface area contributed by atoms with Crippen molar-refractivity contribution in [1.82, 2.24) is 24.9 Å². The van der Waals surface area contributed by atoms with Gasteiger partial charge in [-0.3, -0.25) is 4.79 Å². The lowest BCUT2D eigenvalue weighted by Crippen LogP contribution is -2.49. The summed E-state index contributed by atoms with van der Waals surface area (Å²) < 4.78 is 20.2. The SMILES string of the molecule is C[C@@H]1CC[C@@H](Oc2ncccc2C(C)(C)O)CN1C(=O)c1cc(F)ccc1-n1nccn1. The van der Waals surface area contributed by atoms with Crippen molar-refractivity contribution >= 4 is 5.91 Å². The van der Waals surface area contributed by atoms with Gasteiger partial charge >= 0.3 is 0 Å². The number of halogens is 1. The van der Waals surface area contributed by atoms with E-state index in [2.05, 4.69) is 15.2 Å². The molecule has 0 unspecified atom stereocenters. The van der Waals surface area contributed by atoms with Gasteiger partial charge in [-0.2, -0.15) is 15.0 Å². The first-order chi connectivity index (χ1) is 15.2. The van der Waals surface area contributed by atoms with Crippen LogP contribution in [0.15, 0.2) is 48.9 Å². The Labute approximate surface area is 185 Å². The Morgan fingerprint density at radius 2 is 1.94 bits per heavy atom. The number of carbonyl (C=O) groups excluding carboxylic acids is 1. The fourth-order valence-corrected chi connectivity index (χ4v) is 3.91. The number of hydrogen-bond acceptors (Lipinski definition) is 6. The topological polar surface area (TPSA) is 93.4 Å². The Morgan fingerprint density at radius 1 is 1.19 bits per heavy atom. The maximum Gasteiger partial charge on any atom is 0.256 e. The van der Waals surface area contributed by atoms with Gasteiger partial charge in [0.25, 0.3) is 5.91 Å². The lowest BCUT2D eigenvalue weighted by atomic mass is 9.98. The van der Waals surface area contributed by atoms with E-state index in [9.17, 15) is 14.3 Å². The standard InChI is InChI=1S/C23H26FN5O3/c1-15-6-8-17(32-21-19(23(2,3)31)5-4-10-25-21)14-28(15)22(30)18-13-16(24)7-9-20(18)29-26-11-12-27-29/h4-5,7,9-13,15,17,31H,6,8,14H2,1-3H3/t15-,17-/m1/s1. The van der Waals surface area contributed by atoms with Gasteiger partial charge < -0.3 is 14.7 Å². The number of pyridine rings is 1. The third kappa shape index (κ3) is 4.47. The first kappa shape index (κ1) is 21.9. The molecule has 8 nitrogen and oxygen atoms in total. The highest BCUT2D eigenvalue weighted by Crippen LogP contribution is 2.30. The summed E-state index contributed by atoms with van der Waals surface area (Å²) in [6, 6.07) is 7.44. The quantitative estimate of drug-likeness (QED) is 0.657. The molecule has 32 heavy (non-hydrogen) atoms. The zero-order valence-electron chi connectivity index (χ0n) is 18.3. The summed E-state index contributed by atoms with van der Waals surface area (Å²) >= 11 is 0. The van der Waals surface area contributed by atoms with Crippen LogP contribution < -0.4 is 4.74 Å². The Kier molecular flexibility index (Phi) is 5.92. The first-order valence-electron chi connectivity index (χ1n) is 10.6. The number of likely N-dealkylation sites (tertiary alicyclic amines) is 1. The van der Waals surface area contributed by atoms with E-state index in [-0.39, 0.29) is 23.6 Å². The van der Waals surface area contributed by atoms with Gasteiger partial charge in [-0.1, -0.05) is 0 Å². The highest BCUT2D eigenvalue weighted by Gasteiger charge is 2.33. The monoisotopic (exact) mass is 439 g/mol. The number of ether oxygens (including phenoxy) is 1. The van der Waals surface area contributed by atoms with E-state index < -0.39 is 11.4 Å². The minimum Gasteiger partial charge on any atom is -0.472 e. The molecular formula is C23H26FN5O3. The van der Waals surface area contributed by atoms with Crippen molar-refractivity contribution in [1.29, 1.82) is 0 Å². The second kappa shape index (κ2) is 8.66. The number of hydrogen-bond donors (Lipinski definition) is 1. The summed E-state index contributed by atoms with van der Waals surface area (Å²) in [7, 11) is 0. The van der Waals surface area contributed by atoms with E-state index in [0.717, 1.165) is 6.42 Å². The molecule has 2 aromatic heterocycles. The summed E-state index contributed by atoms with van der Waals surface area (Å²) in [4.78, 5) is 20.8. The van der Waals surface area contributed by atoms with E-state index in [4.69, 9.17) is 4.74 Å². The molecule has 3 aromatic rings. The van der Waals surface area contributed by atoms with Gasteiger partial charge in [0, 0.05) is 17.8 Å². The largest absolute Gasteiger partial charge is 0.472 e. The molecule has 0 radical (unpaired) electrons. The predicted molar refractivity (Wildman–Crippen MR) is 115 cm³/mol. The van der Waals surface area contributed by atoms with Gasteiger partial charge in [-0.05, 0) is 63.9 Å². The van der Waals surface area contributed by atoms with E-state index in [1.165, 1.54) is 35.4 Å². The number of aliphatic hydroxyl groups is 1. The van der Waals surface area contributed by atoms with E-state index in [0.29, 0.717) is 30.1 Å². The molecule has 0 bridgehead atoms. The molecule has 0 aliphatic carbocycles. The van der Waals surface area contributed by atoms with E-state index in [1.807, 2.05) is 6.92 Å². The van der Waals surface area contributed by atoms with Crippen LogP contribution in [0.4, 0.5) is 4.39 Å². The molecule has 1 aromatic carbocycles. The van der Waals surface area contributed by atoms with Crippen LogP contribution in [0.1, 0.15) is 49.5 Å². The highest BCUT2D eigenvalue weighted by atomic mass is 19.1. The highest BCUT2D eigenvalue weighted by molar-refractivity contribution is 5.98. The van der Waals surface area contributed by atoms with Crippen molar-refractivity contribution in [2.75, 3.05) is 6.54 Å². The number of rotatable bonds is 5. The Morgan fingerprint density at radius 3 is 2.66 bits per heavy atom. The first-order valence-corrected chi connectivity index (χ1v) is 10.6. The molecule has 0 spiro atoms. The van der Waals surface area contributed by atoms with Gasteiger partial charge in [-0.25, -0.2) is 9.37 Å². The predicted octanol–water partition coefficient (Wildman–Crippen LogP) is 3.10. The number of benzene rings is 1. The van der Waals surface area contributed by atoms with Gasteiger partial charge in [-0.15, -0.1) is 0 Å². The third-order valence-corrected chi connectivity index (χ3v) is 5.63. The Hall–Kier alpha value is -3.33. The maximum atomic E-state index is 14.1. The van der Waals surface area contributed by atoms with Crippen molar-refractivity contribution in [2.45, 2.75) is 51.4 Å². The molecule has 0 saturated carbocycles. The molecule has 1 saturated heterocycles. The summed E-state index contributed by atoms with van der Waals surface area (Å²) in [5.74, 6) is -0.481. The zero-order chi connectivity index (χ0) is 22.9. The van der Waals surface area contributed by atoms with Crippen LogP contribution in [0.25, 0.3) is 5.69 Å². The van der Waals surface area contributed by atoms with Crippen molar-refractivity contribution in [3.63, 3.8) is 0 Å². The van der Waals surface area contributed by atoms with Crippen LogP contribution in [0.3, 0.4) is 0 Å². The number of amides is 1. The minimum absolute atomic E-state index is 0.0541. The molecular weight excluding hydrogens is 413 g/mol. The third-order valence-electron chi connectivity index (χ3n) is 5.63. The summed E-state index contributed by atoms with van der Waals surface area (Å²) in [6.45, 7) is 5.61. The summed E-state index contributed by atoms with van der Waals surface area (Å²) in [6.07, 6.45) is 5.73. The van der Waals surface area contributed by atoms with Gasteiger partial charge in [0.2, 0.25) is 5.88 Å². The molecule has 4 rings (SSSR count). The fourth-order valence-electron chi connectivity index (χ4n) is 3.91. The summed E-state index contributed by atoms with van der Waals surface area (Å²) in [5.41, 5.74) is 0.0527. The van der Waals surface area contributed by atoms with Crippen LogP contribution in [-0.4, -0.2) is 54.6 Å². The molecule has 2 atom stereocenters. The lowest BCUT2D eigenvalue weighted by Gasteiger charge is -2.38. The lowest BCUT2D eigenvalue weighted by molar-refractivity contribution is 0.0325. The van der Waals surface area contributed by atoms with Gasteiger partial charge in [0.1, 0.15) is 11.9 Å². The molecule has 9 heteroatoms. The average molecular weight is 439 g/mol. The smallest absolute Gasteiger partial charge is 0.256 e. The molecule has 1 aliphatic rings. The zero-order valence-corrected chi connectivity index (χ0v) is 18.3. The molecule has 1 amide bonds. The van der Waals surface area contributed by atoms with Crippen molar-refractivity contribution in [2.24, 2.45) is 0 Å². The molecule has 1 N–H and O–H groups in total. The molecule has 1 aliphatic heterocycles. The average Bonchev–Trinajstić information content (AvgIpc) is 3.29. The van der Waals surface area contributed by atoms with Crippen LogP contribution in [0.2, 0.25) is 0 Å². The Bertz CT molecular complexity index is 1100. The number of aromatic nitrogens is 4. The van der Waals surface area contributed by atoms with Crippen molar-refractivity contribution in [3.05, 3.63) is 65.9 Å². The Balaban J connectivity index is 1.59. The number of piperidine rings is 1. The number of nitrogens with zero attached hydrogens (tertiary/aromatic N) is 5. The van der Waals surface area contributed by atoms with E-state index >= 15 is 0 Å². The van der Waals surface area contributed by atoms with Crippen LogP contribution in [-0.2, 0) is 5.60 Å². The van der Waals surface area contributed by atoms with Crippen molar-refractivity contribution < 1.29 is 19.0 Å². The van der Waals surface area contributed by atoms with Crippen LogP contribution in [0, 0.1) is 5.82 Å². The van der Waals surface area contributed by atoms with Crippen LogP contribution >= 0.6 is 0 Å². The second-order valence-corrected chi connectivity index (χ2v) is 8.52. The normalized spacial score (nSPS) is 19.1. The number of carbonyl (C=O) groups is 1. The maximum absolute atomic E-state index is 14.1. The molecule has 3 heterocycles. The van der Waals surface area contributed by atoms with Crippen LogP contribution in [0.5, 0.6) is 5.88 Å². The molecule has 1 fully saturated rings. The van der Waals surface area contributed by atoms with E-state index in [1.54, 1.807) is 37.1 Å². The van der Waals surface area contributed by atoms with Gasteiger partial charge in [0.15, 0.2) is 0 Å². The fraction of sp³-hybridized carbons (Fsp3) is 0.391. The van der Waals surface area contributed by atoms with Gasteiger partial charge in [0.05, 0.1) is 35.8 Å².